The third kappa shape index (κ3) is 2.78. The minimum Gasteiger partial charge on any atom is -0.493 e. The lowest BCUT2D eigenvalue weighted by molar-refractivity contribution is 0.0996. The maximum Gasteiger partial charge on any atom is 0.177 e. The van der Waals surface area contributed by atoms with E-state index in [4.69, 9.17) is 4.74 Å². The largest absolute Gasteiger partial charge is 0.493 e. The van der Waals surface area contributed by atoms with Crippen molar-refractivity contribution in [3.8, 4) is 5.75 Å². The van der Waals surface area contributed by atoms with Crippen LogP contribution in [0.3, 0.4) is 0 Å². The molecular formula is C14H10Br2O2S. The summed E-state index contributed by atoms with van der Waals surface area (Å²) in [6, 6.07) is 7.80. The van der Waals surface area contributed by atoms with Crippen LogP contribution < -0.4 is 4.74 Å². The van der Waals surface area contributed by atoms with Crippen molar-refractivity contribution in [2.24, 2.45) is 0 Å². The first kappa shape index (κ1) is 13.3. The molecule has 1 aliphatic heterocycles. The second-order valence-electron chi connectivity index (χ2n) is 4.36. The Kier molecular flexibility index (Phi) is 3.78. The average molecular weight is 402 g/mol. The van der Waals surface area contributed by atoms with Crippen LogP contribution in [0.15, 0.2) is 32.5 Å². The summed E-state index contributed by atoms with van der Waals surface area (Å²) >= 11 is 8.34. The number of benzene rings is 1. The summed E-state index contributed by atoms with van der Waals surface area (Å²) in [5.74, 6) is 1.03. The van der Waals surface area contributed by atoms with Gasteiger partial charge in [-0.1, -0.05) is 15.9 Å². The van der Waals surface area contributed by atoms with Crippen LogP contribution >= 0.6 is 43.2 Å². The van der Waals surface area contributed by atoms with Crippen molar-refractivity contribution in [3.63, 3.8) is 0 Å². The van der Waals surface area contributed by atoms with Gasteiger partial charge in [0.15, 0.2) is 5.78 Å². The fourth-order valence-corrected chi connectivity index (χ4v) is 4.08. The van der Waals surface area contributed by atoms with Crippen molar-refractivity contribution in [2.75, 3.05) is 6.61 Å². The zero-order chi connectivity index (χ0) is 13.4. The van der Waals surface area contributed by atoms with Crippen LogP contribution in [-0.2, 0) is 12.8 Å². The Labute approximate surface area is 132 Å². The number of rotatable bonds is 3. The first-order chi connectivity index (χ1) is 9.13. The molecule has 2 heterocycles. The van der Waals surface area contributed by atoms with E-state index >= 15 is 0 Å². The Morgan fingerprint density at radius 3 is 2.89 bits per heavy atom. The quantitative estimate of drug-likeness (QED) is 0.700. The minimum absolute atomic E-state index is 0.131. The monoisotopic (exact) mass is 400 g/mol. The van der Waals surface area contributed by atoms with Crippen molar-refractivity contribution in [1.82, 2.24) is 0 Å². The first-order valence-electron chi connectivity index (χ1n) is 5.86. The maximum absolute atomic E-state index is 12.3. The van der Waals surface area contributed by atoms with Gasteiger partial charge in [-0.3, -0.25) is 4.79 Å². The molecule has 1 aliphatic rings. The molecule has 0 amide bonds. The number of fused-ring (bicyclic) bond motifs is 1. The zero-order valence-electron chi connectivity index (χ0n) is 9.91. The summed E-state index contributed by atoms with van der Waals surface area (Å²) in [6.07, 6.45) is 1.30. The van der Waals surface area contributed by atoms with Crippen molar-refractivity contribution < 1.29 is 9.53 Å². The van der Waals surface area contributed by atoms with E-state index in [1.165, 1.54) is 16.9 Å². The summed E-state index contributed by atoms with van der Waals surface area (Å²) in [5, 5.41) is 0. The lowest BCUT2D eigenvalue weighted by Gasteiger charge is -2.08. The van der Waals surface area contributed by atoms with Gasteiger partial charge in [-0.05, 0) is 45.8 Å². The molecule has 0 bridgehead atoms. The predicted octanol–water partition coefficient (Wildman–Crippen LogP) is 4.63. The SMILES string of the molecule is O=C(Cc1cc(Br)cc2c1OCC2)c1ccc(Br)s1. The molecule has 2 aromatic rings. The van der Waals surface area contributed by atoms with Gasteiger partial charge in [0.2, 0.25) is 0 Å². The fourth-order valence-electron chi connectivity index (χ4n) is 2.20. The molecule has 0 aliphatic carbocycles. The smallest absolute Gasteiger partial charge is 0.177 e. The number of thiophene rings is 1. The highest BCUT2D eigenvalue weighted by atomic mass is 79.9. The molecule has 5 heteroatoms. The Balaban J connectivity index is 1.90. The lowest BCUT2D eigenvalue weighted by Crippen LogP contribution is -2.03. The van der Waals surface area contributed by atoms with Gasteiger partial charge >= 0.3 is 0 Å². The molecule has 3 rings (SSSR count). The molecule has 0 saturated carbocycles. The fraction of sp³-hybridized carbons (Fsp3) is 0.214. The van der Waals surface area contributed by atoms with Gasteiger partial charge in [-0.25, -0.2) is 0 Å². The number of ketones is 1. The minimum atomic E-state index is 0.131. The van der Waals surface area contributed by atoms with E-state index < -0.39 is 0 Å². The summed E-state index contributed by atoms with van der Waals surface area (Å²) < 4.78 is 7.63. The lowest BCUT2D eigenvalue weighted by atomic mass is 10.0. The van der Waals surface area contributed by atoms with Crippen LogP contribution in [-0.4, -0.2) is 12.4 Å². The van der Waals surface area contributed by atoms with Crippen LogP contribution in [0.25, 0.3) is 0 Å². The maximum atomic E-state index is 12.3. The summed E-state index contributed by atoms with van der Waals surface area (Å²) in [5.41, 5.74) is 2.15. The number of halogens is 2. The van der Waals surface area contributed by atoms with Crippen molar-refractivity contribution in [1.29, 1.82) is 0 Å². The highest BCUT2D eigenvalue weighted by Gasteiger charge is 2.20. The van der Waals surface area contributed by atoms with Crippen LogP contribution in [0.2, 0.25) is 0 Å². The Morgan fingerprint density at radius 2 is 2.16 bits per heavy atom. The highest BCUT2D eigenvalue weighted by Crippen LogP contribution is 2.34. The number of Topliss-reactive ketones (excluding diaryl/α,β-unsaturated/α-hetero) is 1. The molecule has 0 N–H and O–H groups in total. The first-order valence-corrected chi connectivity index (χ1v) is 8.26. The summed E-state index contributed by atoms with van der Waals surface area (Å²) in [7, 11) is 0. The van der Waals surface area contributed by atoms with Gasteiger partial charge in [0, 0.05) is 22.9 Å². The van der Waals surface area contributed by atoms with Gasteiger partial charge in [0.05, 0.1) is 15.3 Å². The van der Waals surface area contributed by atoms with Gasteiger partial charge in [-0.15, -0.1) is 11.3 Å². The molecule has 0 radical (unpaired) electrons. The van der Waals surface area contributed by atoms with E-state index in [2.05, 4.69) is 37.9 Å². The number of hydrogen-bond acceptors (Lipinski definition) is 3. The molecule has 98 valence electrons. The second kappa shape index (κ2) is 5.38. The van der Waals surface area contributed by atoms with Crippen LogP contribution in [0.1, 0.15) is 20.8 Å². The number of hydrogen-bond donors (Lipinski definition) is 0. The van der Waals surface area contributed by atoms with Crippen molar-refractivity contribution >= 4 is 49.0 Å². The number of carbonyl (C=O) groups excluding carboxylic acids is 1. The molecule has 0 saturated heterocycles. The van der Waals surface area contributed by atoms with E-state index in [1.807, 2.05) is 18.2 Å². The zero-order valence-corrected chi connectivity index (χ0v) is 13.9. The van der Waals surface area contributed by atoms with E-state index in [9.17, 15) is 4.79 Å². The van der Waals surface area contributed by atoms with Crippen LogP contribution in [0.4, 0.5) is 0 Å². The van der Waals surface area contributed by atoms with E-state index in [1.54, 1.807) is 0 Å². The van der Waals surface area contributed by atoms with Gasteiger partial charge < -0.3 is 4.74 Å². The second-order valence-corrected chi connectivity index (χ2v) is 7.73. The highest BCUT2D eigenvalue weighted by molar-refractivity contribution is 9.11. The van der Waals surface area contributed by atoms with E-state index in [0.717, 1.165) is 30.9 Å². The summed E-state index contributed by atoms with van der Waals surface area (Å²) in [4.78, 5) is 13.0. The average Bonchev–Trinajstić information content (AvgIpc) is 2.97. The Morgan fingerprint density at radius 1 is 1.32 bits per heavy atom. The van der Waals surface area contributed by atoms with E-state index in [-0.39, 0.29) is 5.78 Å². The standard InChI is InChI=1S/C14H10Br2O2S/c15-10-5-8-3-4-18-14(8)9(6-10)7-11(17)12-1-2-13(16)19-12/h1-2,5-6H,3-4,7H2. The summed E-state index contributed by atoms with van der Waals surface area (Å²) in [6.45, 7) is 0.706. The molecule has 0 unspecified atom stereocenters. The van der Waals surface area contributed by atoms with Crippen LogP contribution in [0, 0.1) is 0 Å². The predicted molar refractivity (Wildman–Crippen MR) is 83.4 cm³/mol. The third-order valence-corrected chi connectivity index (χ3v) is 5.15. The van der Waals surface area contributed by atoms with Crippen molar-refractivity contribution in [2.45, 2.75) is 12.8 Å². The number of carbonyl (C=O) groups is 1. The molecule has 0 atom stereocenters. The Hall–Kier alpha value is -0.650. The number of ether oxygens (including phenoxy) is 1. The normalized spacial score (nSPS) is 13.2. The van der Waals surface area contributed by atoms with Crippen molar-refractivity contribution in [3.05, 3.63) is 48.5 Å². The van der Waals surface area contributed by atoms with Gasteiger partial charge in [-0.2, -0.15) is 0 Å². The molecule has 0 fully saturated rings. The topological polar surface area (TPSA) is 26.3 Å². The molecule has 19 heavy (non-hydrogen) atoms. The molecule has 1 aromatic heterocycles. The molecule has 1 aromatic carbocycles. The molecule has 0 spiro atoms. The van der Waals surface area contributed by atoms with E-state index in [0.29, 0.717) is 13.0 Å². The Bertz CT molecular complexity index is 649. The van der Waals surface area contributed by atoms with Gasteiger partial charge in [0.1, 0.15) is 5.75 Å². The molecular weight excluding hydrogens is 392 g/mol. The third-order valence-electron chi connectivity index (χ3n) is 3.02. The van der Waals surface area contributed by atoms with Crippen LogP contribution in [0.5, 0.6) is 5.75 Å². The molecule has 2 nitrogen and oxygen atoms in total. The van der Waals surface area contributed by atoms with Gasteiger partial charge in [0.25, 0.3) is 0 Å².